The van der Waals surface area contributed by atoms with Crippen LogP contribution >= 0.6 is 0 Å². The third-order valence-corrected chi connectivity index (χ3v) is 7.16. The van der Waals surface area contributed by atoms with Gasteiger partial charge in [-0.05, 0) is 55.8 Å². The Morgan fingerprint density at radius 2 is 1.76 bits per heavy atom. The van der Waals surface area contributed by atoms with E-state index >= 15 is 0 Å². The Labute approximate surface area is 198 Å². The van der Waals surface area contributed by atoms with Gasteiger partial charge in [-0.3, -0.25) is 9.10 Å². The Hall–Kier alpha value is -3.85. The summed E-state index contributed by atoms with van der Waals surface area (Å²) in [5, 5.41) is 2.77. The number of anilines is 2. The van der Waals surface area contributed by atoms with Crippen LogP contribution in [0.5, 0.6) is 5.75 Å². The molecule has 1 amide bonds. The van der Waals surface area contributed by atoms with Gasteiger partial charge in [-0.1, -0.05) is 36.4 Å². The molecule has 9 heteroatoms. The number of nitrogens with one attached hydrogen (secondary N) is 1. The summed E-state index contributed by atoms with van der Waals surface area (Å²) in [5.41, 5.74) is 1.80. The number of ether oxygens (including phenoxy) is 2. The minimum Gasteiger partial charge on any atom is -0.476 e. The van der Waals surface area contributed by atoms with Crippen LogP contribution in [0, 0.1) is 6.92 Å². The maximum absolute atomic E-state index is 13.4. The summed E-state index contributed by atoms with van der Waals surface area (Å²) in [5.74, 6) is -0.752. The number of sulfonamides is 1. The van der Waals surface area contributed by atoms with Gasteiger partial charge in [-0.15, -0.1) is 0 Å². The molecule has 0 saturated carbocycles. The zero-order chi connectivity index (χ0) is 24.3. The average molecular weight is 481 g/mol. The van der Waals surface area contributed by atoms with E-state index in [-0.39, 0.29) is 23.8 Å². The molecule has 4 rings (SSSR count). The minimum atomic E-state index is -3.94. The van der Waals surface area contributed by atoms with Crippen molar-refractivity contribution in [2.75, 3.05) is 22.8 Å². The van der Waals surface area contributed by atoms with Crippen molar-refractivity contribution < 1.29 is 27.5 Å². The lowest BCUT2D eigenvalue weighted by molar-refractivity contribution is -0.122. The SMILES string of the molecule is CCOC(=O)c1ccc(C)c(NC(=O)[C@H]2CN(S(=O)(=O)c3ccccc3)c3ccccc3O2)c1. The number of esters is 1. The van der Waals surface area contributed by atoms with E-state index in [0.29, 0.717) is 16.9 Å². The number of hydrogen-bond acceptors (Lipinski definition) is 6. The number of hydrogen-bond donors (Lipinski definition) is 1. The molecule has 0 unspecified atom stereocenters. The Balaban J connectivity index is 1.63. The number of carbonyl (C=O) groups is 2. The van der Waals surface area contributed by atoms with Crippen LogP contribution in [0.4, 0.5) is 11.4 Å². The molecule has 0 aliphatic carbocycles. The normalized spacial score (nSPS) is 15.1. The fourth-order valence-corrected chi connectivity index (χ4v) is 5.09. The Morgan fingerprint density at radius 3 is 2.50 bits per heavy atom. The second kappa shape index (κ2) is 9.56. The minimum absolute atomic E-state index is 0.115. The third kappa shape index (κ3) is 4.60. The van der Waals surface area contributed by atoms with E-state index in [1.54, 1.807) is 68.4 Å². The van der Waals surface area contributed by atoms with Gasteiger partial charge in [0.25, 0.3) is 15.9 Å². The first kappa shape index (κ1) is 23.3. The highest BCUT2D eigenvalue weighted by Crippen LogP contribution is 2.37. The topological polar surface area (TPSA) is 102 Å². The summed E-state index contributed by atoms with van der Waals surface area (Å²) in [6.45, 7) is 3.52. The molecular formula is C25H24N2O6S. The maximum atomic E-state index is 13.4. The van der Waals surface area contributed by atoms with Crippen LogP contribution in [0.3, 0.4) is 0 Å². The molecular weight excluding hydrogens is 456 g/mol. The Kier molecular flexibility index (Phi) is 6.56. The fraction of sp³-hybridized carbons (Fsp3) is 0.200. The predicted molar refractivity (Wildman–Crippen MR) is 128 cm³/mol. The quantitative estimate of drug-likeness (QED) is 0.539. The molecule has 3 aromatic carbocycles. The molecule has 1 aliphatic heterocycles. The van der Waals surface area contributed by atoms with Crippen LogP contribution in [0.2, 0.25) is 0 Å². The van der Waals surface area contributed by atoms with Crippen LogP contribution in [0.15, 0.2) is 77.7 Å². The standard InChI is InChI=1S/C25H24N2O6S/c1-3-32-25(29)18-14-13-17(2)20(15-18)26-24(28)23-16-27(21-11-7-8-12-22(21)33-23)34(30,31)19-9-5-4-6-10-19/h4-15,23H,3,16H2,1-2H3,(H,26,28)/t23-/m1/s1. The van der Waals surface area contributed by atoms with Crippen molar-refractivity contribution in [3.8, 4) is 5.75 Å². The van der Waals surface area contributed by atoms with Crippen LogP contribution in [-0.4, -0.2) is 39.5 Å². The summed E-state index contributed by atoms with van der Waals surface area (Å²) < 4.78 is 38.9. The largest absolute Gasteiger partial charge is 0.476 e. The number of fused-ring (bicyclic) bond motifs is 1. The molecule has 1 N–H and O–H groups in total. The van der Waals surface area contributed by atoms with Crippen molar-refractivity contribution in [3.63, 3.8) is 0 Å². The number of nitrogens with zero attached hydrogens (tertiary/aromatic N) is 1. The van der Waals surface area contributed by atoms with Crippen molar-refractivity contribution in [2.24, 2.45) is 0 Å². The monoisotopic (exact) mass is 480 g/mol. The first-order valence-corrected chi connectivity index (χ1v) is 12.2. The second-order valence-corrected chi connectivity index (χ2v) is 9.53. The molecule has 0 aromatic heterocycles. The molecule has 1 heterocycles. The van der Waals surface area contributed by atoms with Crippen molar-refractivity contribution in [3.05, 3.63) is 83.9 Å². The first-order valence-electron chi connectivity index (χ1n) is 10.7. The lowest BCUT2D eigenvalue weighted by Crippen LogP contribution is -2.48. The number of rotatable bonds is 6. The number of para-hydroxylation sites is 2. The molecule has 3 aromatic rings. The number of carbonyl (C=O) groups excluding carboxylic acids is 2. The number of amides is 1. The van der Waals surface area contributed by atoms with E-state index in [4.69, 9.17) is 9.47 Å². The number of aryl methyl sites for hydroxylation is 1. The van der Waals surface area contributed by atoms with E-state index in [1.807, 2.05) is 0 Å². The van der Waals surface area contributed by atoms with Crippen LogP contribution in [0.25, 0.3) is 0 Å². The summed E-state index contributed by atoms with van der Waals surface area (Å²) >= 11 is 0. The Morgan fingerprint density at radius 1 is 1.06 bits per heavy atom. The van der Waals surface area contributed by atoms with Gasteiger partial charge >= 0.3 is 5.97 Å². The molecule has 0 saturated heterocycles. The van der Waals surface area contributed by atoms with Gasteiger partial charge in [-0.25, -0.2) is 13.2 Å². The van der Waals surface area contributed by atoms with Gasteiger partial charge in [0, 0.05) is 5.69 Å². The molecule has 8 nitrogen and oxygen atoms in total. The van der Waals surface area contributed by atoms with E-state index in [1.165, 1.54) is 22.5 Å². The van der Waals surface area contributed by atoms with Crippen molar-refractivity contribution in [1.82, 2.24) is 0 Å². The highest BCUT2D eigenvalue weighted by Gasteiger charge is 2.37. The first-order chi connectivity index (χ1) is 16.3. The van der Waals surface area contributed by atoms with Gasteiger partial charge in [0.2, 0.25) is 0 Å². The van der Waals surface area contributed by atoms with Crippen LogP contribution in [-0.2, 0) is 19.6 Å². The van der Waals surface area contributed by atoms with E-state index in [9.17, 15) is 18.0 Å². The lowest BCUT2D eigenvalue weighted by atomic mass is 10.1. The molecule has 0 radical (unpaired) electrons. The third-order valence-electron chi connectivity index (χ3n) is 5.37. The molecule has 0 spiro atoms. The molecule has 0 bridgehead atoms. The highest BCUT2D eigenvalue weighted by atomic mass is 32.2. The number of benzene rings is 3. The smallest absolute Gasteiger partial charge is 0.338 e. The second-order valence-electron chi connectivity index (χ2n) is 7.66. The van der Waals surface area contributed by atoms with Crippen molar-refractivity contribution >= 4 is 33.3 Å². The summed E-state index contributed by atoms with van der Waals surface area (Å²) in [4.78, 5) is 25.4. The van der Waals surface area contributed by atoms with Crippen molar-refractivity contribution in [2.45, 2.75) is 24.8 Å². The lowest BCUT2D eigenvalue weighted by Gasteiger charge is -2.34. The van der Waals surface area contributed by atoms with Gasteiger partial charge in [-0.2, -0.15) is 0 Å². The predicted octanol–water partition coefficient (Wildman–Crippen LogP) is 3.77. The summed E-state index contributed by atoms with van der Waals surface area (Å²) in [7, 11) is -3.94. The van der Waals surface area contributed by atoms with Gasteiger partial charge in [0.1, 0.15) is 5.75 Å². The van der Waals surface area contributed by atoms with Gasteiger partial charge in [0.05, 0.1) is 29.3 Å². The fourth-order valence-electron chi connectivity index (χ4n) is 3.60. The van der Waals surface area contributed by atoms with E-state index in [2.05, 4.69) is 5.32 Å². The zero-order valence-corrected chi connectivity index (χ0v) is 19.5. The van der Waals surface area contributed by atoms with E-state index in [0.717, 1.165) is 5.56 Å². The Bertz CT molecular complexity index is 1320. The average Bonchev–Trinajstić information content (AvgIpc) is 2.85. The highest BCUT2D eigenvalue weighted by molar-refractivity contribution is 7.92. The molecule has 1 atom stereocenters. The van der Waals surface area contributed by atoms with E-state index < -0.39 is 28.0 Å². The van der Waals surface area contributed by atoms with Gasteiger partial charge < -0.3 is 14.8 Å². The molecule has 34 heavy (non-hydrogen) atoms. The summed E-state index contributed by atoms with van der Waals surface area (Å²) in [6.07, 6.45) is -1.11. The summed E-state index contributed by atoms with van der Waals surface area (Å²) in [6, 6.07) is 19.5. The molecule has 1 aliphatic rings. The van der Waals surface area contributed by atoms with Crippen LogP contribution < -0.4 is 14.4 Å². The molecule has 0 fully saturated rings. The zero-order valence-electron chi connectivity index (χ0n) is 18.7. The van der Waals surface area contributed by atoms with Gasteiger partial charge in [0.15, 0.2) is 6.10 Å². The van der Waals surface area contributed by atoms with Crippen molar-refractivity contribution in [1.29, 1.82) is 0 Å². The van der Waals surface area contributed by atoms with Crippen LogP contribution in [0.1, 0.15) is 22.8 Å². The maximum Gasteiger partial charge on any atom is 0.338 e. The molecule has 176 valence electrons.